The number of rotatable bonds is 7. The molecule has 0 unspecified atom stereocenters. The van der Waals surface area contributed by atoms with Gasteiger partial charge in [-0.05, 0) is 38.3 Å². The molecule has 6 nitrogen and oxygen atoms in total. The average Bonchev–Trinajstić information content (AvgIpc) is 3.31. The number of hydrogen-bond acceptors (Lipinski definition) is 5. The number of carbonyl (C=O) groups is 1. The van der Waals surface area contributed by atoms with Gasteiger partial charge in [-0.3, -0.25) is 4.79 Å². The van der Waals surface area contributed by atoms with Gasteiger partial charge < -0.3 is 15.2 Å². The number of amides is 1. The van der Waals surface area contributed by atoms with Crippen LogP contribution in [0.1, 0.15) is 74.1 Å². The Morgan fingerprint density at radius 1 is 1.38 bits per heavy atom. The molecule has 24 heavy (non-hydrogen) atoms. The molecule has 1 aliphatic carbocycles. The van der Waals surface area contributed by atoms with E-state index in [1.807, 2.05) is 19.9 Å². The van der Waals surface area contributed by atoms with Gasteiger partial charge in [-0.25, -0.2) is 4.98 Å². The Kier molecular flexibility index (Phi) is 4.85. The van der Waals surface area contributed by atoms with Crippen molar-refractivity contribution in [3.05, 3.63) is 23.0 Å². The maximum atomic E-state index is 12.8. The second-order valence-electron chi connectivity index (χ2n) is 6.94. The maximum Gasteiger partial charge on any atom is 0.259 e. The highest BCUT2D eigenvalue weighted by Crippen LogP contribution is 2.41. The SMILES string of the molecule is CCN[C@H](C)CNC(=O)c1cc(C2CC2)nc2onc(C(C)C)c12. The van der Waals surface area contributed by atoms with Crippen molar-refractivity contribution in [1.29, 1.82) is 0 Å². The topological polar surface area (TPSA) is 80.0 Å². The van der Waals surface area contributed by atoms with E-state index in [0.717, 1.165) is 36.2 Å². The number of pyridine rings is 1. The highest BCUT2D eigenvalue weighted by Gasteiger charge is 2.29. The molecule has 2 heterocycles. The summed E-state index contributed by atoms with van der Waals surface area (Å²) in [5.74, 6) is 0.542. The van der Waals surface area contributed by atoms with Gasteiger partial charge in [0.15, 0.2) is 0 Å². The van der Waals surface area contributed by atoms with Crippen LogP contribution in [-0.4, -0.2) is 35.2 Å². The van der Waals surface area contributed by atoms with E-state index in [-0.39, 0.29) is 17.9 Å². The Morgan fingerprint density at radius 3 is 2.75 bits per heavy atom. The highest BCUT2D eigenvalue weighted by atomic mass is 16.5. The molecule has 130 valence electrons. The van der Waals surface area contributed by atoms with Crippen molar-refractivity contribution in [2.45, 2.75) is 58.4 Å². The second kappa shape index (κ2) is 6.89. The Morgan fingerprint density at radius 2 is 2.12 bits per heavy atom. The van der Waals surface area contributed by atoms with Gasteiger partial charge in [0, 0.05) is 24.2 Å². The first-order valence-electron chi connectivity index (χ1n) is 8.83. The molecule has 3 rings (SSSR count). The van der Waals surface area contributed by atoms with Gasteiger partial charge in [0.25, 0.3) is 11.6 Å². The highest BCUT2D eigenvalue weighted by molar-refractivity contribution is 6.06. The summed E-state index contributed by atoms with van der Waals surface area (Å²) in [7, 11) is 0. The third-order valence-corrected chi connectivity index (χ3v) is 4.40. The van der Waals surface area contributed by atoms with E-state index < -0.39 is 0 Å². The van der Waals surface area contributed by atoms with Gasteiger partial charge in [0.05, 0.1) is 16.6 Å². The Labute approximate surface area is 142 Å². The van der Waals surface area contributed by atoms with Gasteiger partial charge >= 0.3 is 0 Å². The number of fused-ring (bicyclic) bond motifs is 1. The fourth-order valence-electron chi connectivity index (χ4n) is 2.92. The Bertz CT molecular complexity index is 734. The lowest BCUT2D eigenvalue weighted by Crippen LogP contribution is -2.38. The molecule has 2 aromatic heterocycles. The lowest BCUT2D eigenvalue weighted by molar-refractivity contribution is 0.0951. The fraction of sp³-hybridized carbons (Fsp3) is 0.611. The maximum absolute atomic E-state index is 12.8. The molecule has 0 spiro atoms. The van der Waals surface area contributed by atoms with Crippen molar-refractivity contribution in [3.8, 4) is 0 Å². The molecule has 0 aliphatic heterocycles. The van der Waals surface area contributed by atoms with Crippen LogP contribution in [0.3, 0.4) is 0 Å². The molecule has 1 amide bonds. The minimum atomic E-state index is -0.0841. The van der Waals surface area contributed by atoms with Crippen LogP contribution in [0.2, 0.25) is 0 Å². The van der Waals surface area contributed by atoms with Gasteiger partial charge in [0.1, 0.15) is 0 Å². The number of nitrogens with zero attached hydrogens (tertiary/aromatic N) is 2. The largest absolute Gasteiger partial charge is 0.350 e. The first-order chi connectivity index (χ1) is 11.5. The van der Waals surface area contributed by atoms with Crippen LogP contribution in [0.15, 0.2) is 10.6 Å². The van der Waals surface area contributed by atoms with Crippen molar-refractivity contribution >= 4 is 17.0 Å². The summed E-state index contributed by atoms with van der Waals surface area (Å²) in [6, 6.07) is 2.15. The van der Waals surface area contributed by atoms with Crippen LogP contribution in [0.25, 0.3) is 11.1 Å². The zero-order valence-corrected chi connectivity index (χ0v) is 14.8. The normalized spacial score (nSPS) is 15.9. The van der Waals surface area contributed by atoms with Crippen LogP contribution in [0.5, 0.6) is 0 Å². The Balaban J connectivity index is 1.94. The van der Waals surface area contributed by atoms with E-state index in [2.05, 4.69) is 34.6 Å². The van der Waals surface area contributed by atoms with E-state index in [1.165, 1.54) is 0 Å². The van der Waals surface area contributed by atoms with Crippen molar-refractivity contribution < 1.29 is 9.32 Å². The van der Waals surface area contributed by atoms with E-state index in [1.54, 1.807) is 0 Å². The summed E-state index contributed by atoms with van der Waals surface area (Å²) in [4.78, 5) is 17.4. The first-order valence-corrected chi connectivity index (χ1v) is 8.83. The Hall–Kier alpha value is -1.95. The standard InChI is InChI=1S/C18H26N4O2/c1-5-19-11(4)9-20-17(23)13-8-14(12-6-7-12)21-18-15(13)16(10(2)3)22-24-18/h8,10-12,19H,5-7,9H2,1-4H3,(H,20,23)/t11-/m1/s1. The molecule has 0 aromatic carbocycles. The quantitative estimate of drug-likeness (QED) is 0.816. The zero-order chi connectivity index (χ0) is 17.3. The monoisotopic (exact) mass is 330 g/mol. The number of hydrogen-bond donors (Lipinski definition) is 2. The van der Waals surface area contributed by atoms with Gasteiger partial charge in [-0.15, -0.1) is 0 Å². The van der Waals surface area contributed by atoms with Crippen molar-refractivity contribution in [3.63, 3.8) is 0 Å². The van der Waals surface area contributed by atoms with Crippen LogP contribution in [-0.2, 0) is 0 Å². The predicted molar refractivity (Wildman–Crippen MR) is 93.3 cm³/mol. The molecule has 0 radical (unpaired) electrons. The third kappa shape index (κ3) is 3.43. The summed E-state index contributed by atoms with van der Waals surface area (Å²) < 4.78 is 5.43. The van der Waals surface area contributed by atoms with Crippen LogP contribution in [0.4, 0.5) is 0 Å². The lowest BCUT2D eigenvalue weighted by Gasteiger charge is -2.14. The summed E-state index contributed by atoms with van der Waals surface area (Å²) in [6.45, 7) is 9.66. The molecular formula is C18H26N4O2. The van der Waals surface area contributed by atoms with Crippen LogP contribution >= 0.6 is 0 Å². The number of likely N-dealkylation sites (N-methyl/N-ethyl adjacent to an activating group) is 1. The fourth-order valence-corrected chi connectivity index (χ4v) is 2.92. The molecule has 1 saturated carbocycles. The molecule has 1 atom stereocenters. The first kappa shape index (κ1) is 16.9. The van der Waals surface area contributed by atoms with E-state index in [0.29, 0.717) is 23.7 Å². The predicted octanol–water partition coefficient (Wildman–Crippen LogP) is 2.95. The van der Waals surface area contributed by atoms with Crippen LogP contribution < -0.4 is 10.6 Å². The lowest BCUT2D eigenvalue weighted by atomic mass is 10.0. The number of aromatic nitrogens is 2. The minimum Gasteiger partial charge on any atom is -0.350 e. The molecule has 6 heteroatoms. The van der Waals surface area contributed by atoms with E-state index in [9.17, 15) is 4.79 Å². The number of carbonyl (C=O) groups excluding carboxylic acids is 1. The third-order valence-electron chi connectivity index (χ3n) is 4.40. The molecule has 0 bridgehead atoms. The molecule has 0 saturated heterocycles. The van der Waals surface area contributed by atoms with Crippen molar-refractivity contribution in [1.82, 2.24) is 20.8 Å². The van der Waals surface area contributed by atoms with Crippen molar-refractivity contribution in [2.24, 2.45) is 0 Å². The molecule has 1 fully saturated rings. The summed E-state index contributed by atoms with van der Waals surface area (Å²) in [5, 5.41) is 11.2. The second-order valence-corrected chi connectivity index (χ2v) is 6.94. The summed E-state index contributed by atoms with van der Waals surface area (Å²) in [6.07, 6.45) is 2.25. The smallest absolute Gasteiger partial charge is 0.259 e. The van der Waals surface area contributed by atoms with Gasteiger partial charge in [-0.2, -0.15) is 0 Å². The van der Waals surface area contributed by atoms with Crippen molar-refractivity contribution in [2.75, 3.05) is 13.1 Å². The molecule has 1 aliphatic rings. The molecular weight excluding hydrogens is 304 g/mol. The number of nitrogens with one attached hydrogen (secondary N) is 2. The molecule has 2 aromatic rings. The van der Waals surface area contributed by atoms with Gasteiger partial charge in [0.2, 0.25) is 0 Å². The van der Waals surface area contributed by atoms with E-state index in [4.69, 9.17) is 4.52 Å². The molecule has 2 N–H and O–H groups in total. The zero-order valence-electron chi connectivity index (χ0n) is 14.8. The van der Waals surface area contributed by atoms with Crippen LogP contribution in [0, 0.1) is 0 Å². The summed E-state index contributed by atoms with van der Waals surface area (Å²) in [5.41, 5.74) is 2.85. The minimum absolute atomic E-state index is 0.0841. The summed E-state index contributed by atoms with van der Waals surface area (Å²) >= 11 is 0. The van der Waals surface area contributed by atoms with E-state index >= 15 is 0 Å². The average molecular weight is 330 g/mol. The van der Waals surface area contributed by atoms with Gasteiger partial charge in [-0.1, -0.05) is 25.9 Å².